The van der Waals surface area contributed by atoms with Crippen LogP contribution in [0.2, 0.25) is 0 Å². The summed E-state index contributed by atoms with van der Waals surface area (Å²) in [5.74, 6) is 0.591. The number of hydrogen-bond acceptors (Lipinski definition) is 5. The fraction of sp³-hybridized carbons (Fsp3) is 0. The van der Waals surface area contributed by atoms with Crippen molar-refractivity contribution >= 4 is 35.0 Å². The average molecular weight is 281 g/mol. The lowest BCUT2D eigenvalue weighted by Gasteiger charge is -2.00. The van der Waals surface area contributed by atoms with E-state index in [9.17, 15) is 5.11 Å². The molecule has 4 nitrogen and oxygen atoms in total. The summed E-state index contributed by atoms with van der Waals surface area (Å²) in [6, 6.07) is 16.2. The lowest BCUT2D eigenvalue weighted by atomic mass is 10.2. The molecule has 0 unspecified atom stereocenters. The van der Waals surface area contributed by atoms with Gasteiger partial charge in [-0.15, -0.1) is 22.9 Å². The van der Waals surface area contributed by atoms with Gasteiger partial charge in [-0.3, -0.25) is 0 Å². The van der Waals surface area contributed by atoms with Crippen molar-refractivity contribution in [3.63, 3.8) is 0 Å². The van der Waals surface area contributed by atoms with Crippen LogP contribution < -0.4 is 0 Å². The van der Waals surface area contributed by atoms with Crippen molar-refractivity contribution in [1.29, 1.82) is 0 Å². The molecular formula is C15H11N3OS. The number of azo groups is 1. The largest absolute Gasteiger partial charge is 0.506 e. The number of hydrogen-bond donors (Lipinski definition) is 2. The summed E-state index contributed by atoms with van der Waals surface area (Å²) in [6.07, 6.45) is 0. The van der Waals surface area contributed by atoms with E-state index in [1.54, 1.807) is 18.2 Å². The Morgan fingerprint density at radius 2 is 1.70 bits per heavy atom. The van der Waals surface area contributed by atoms with Gasteiger partial charge in [0, 0.05) is 10.3 Å². The molecule has 1 aromatic heterocycles. The zero-order valence-corrected chi connectivity index (χ0v) is 11.3. The van der Waals surface area contributed by atoms with E-state index in [1.165, 1.54) is 0 Å². The van der Waals surface area contributed by atoms with Crippen LogP contribution in [0.3, 0.4) is 0 Å². The summed E-state index contributed by atoms with van der Waals surface area (Å²) < 4.78 is 0. The minimum atomic E-state index is 0.138. The molecule has 5 heteroatoms. The van der Waals surface area contributed by atoms with Gasteiger partial charge < -0.3 is 5.11 Å². The SMILES string of the molecule is Oc1cccc2ccc(N=Nc3ccc(S)cc3)nc12. The third-order valence-corrected chi connectivity index (χ3v) is 3.10. The molecule has 0 aliphatic heterocycles. The van der Waals surface area contributed by atoms with E-state index >= 15 is 0 Å². The highest BCUT2D eigenvalue weighted by atomic mass is 32.1. The summed E-state index contributed by atoms with van der Waals surface area (Å²) in [4.78, 5) is 5.15. The van der Waals surface area contributed by atoms with Gasteiger partial charge in [-0.25, -0.2) is 4.98 Å². The third-order valence-electron chi connectivity index (χ3n) is 2.80. The number of fused-ring (bicyclic) bond motifs is 1. The number of phenols is 1. The van der Waals surface area contributed by atoms with Gasteiger partial charge >= 0.3 is 0 Å². The second kappa shape index (κ2) is 5.30. The first-order valence-corrected chi connectivity index (χ1v) is 6.46. The van der Waals surface area contributed by atoms with E-state index in [2.05, 4.69) is 27.8 Å². The predicted octanol–water partition coefficient (Wildman–Crippen LogP) is 4.64. The van der Waals surface area contributed by atoms with Crippen LogP contribution in [0.1, 0.15) is 0 Å². The average Bonchev–Trinajstić information content (AvgIpc) is 2.47. The van der Waals surface area contributed by atoms with Gasteiger partial charge in [0.25, 0.3) is 0 Å². The van der Waals surface area contributed by atoms with E-state index in [0.717, 1.165) is 16.0 Å². The molecule has 0 saturated heterocycles. The van der Waals surface area contributed by atoms with Crippen LogP contribution in [0.25, 0.3) is 10.9 Å². The Morgan fingerprint density at radius 1 is 0.900 bits per heavy atom. The van der Waals surface area contributed by atoms with Crippen molar-refractivity contribution in [3.05, 3.63) is 54.6 Å². The molecule has 0 spiro atoms. The van der Waals surface area contributed by atoms with Crippen LogP contribution in [-0.4, -0.2) is 10.1 Å². The van der Waals surface area contributed by atoms with Gasteiger partial charge in [0.1, 0.15) is 11.3 Å². The minimum absolute atomic E-state index is 0.138. The van der Waals surface area contributed by atoms with Gasteiger partial charge in [-0.1, -0.05) is 12.1 Å². The lowest BCUT2D eigenvalue weighted by Crippen LogP contribution is -1.79. The molecule has 3 rings (SSSR count). The van der Waals surface area contributed by atoms with Crippen molar-refractivity contribution in [1.82, 2.24) is 4.98 Å². The molecule has 2 aromatic carbocycles. The zero-order chi connectivity index (χ0) is 13.9. The molecule has 0 bridgehead atoms. The standard InChI is InChI=1S/C15H11N3OS/c19-13-3-1-2-10-4-9-14(16-15(10)13)18-17-11-5-7-12(20)8-6-11/h1-9,19-20H. The fourth-order valence-corrected chi connectivity index (χ4v) is 1.95. The minimum Gasteiger partial charge on any atom is -0.506 e. The van der Waals surface area contributed by atoms with Crippen LogP contribution >= 0.6 is 12.6 Å². The predicted molar refractivity (Wildman–Crippen MR) is 81.3 cm³/mol. The molecule has 0 radical (unpaired) electrons. The van der Waals surface area contributed by atoms with Crippen molar-refractivity contribution in [2.75, 3.05) is 0 Å². The summed E-state index contributed by atoms with van der Waals surface area (Å²) in [5, 5.41) is 18.8. The zero-order valence-electron chi connectivity index (χ0n) is 10.4. The van der Waals surface area contributed by atoms with E-state index in [1.807, 2.05) is 36.4 Å². The number of benzene rings is 2. The fourth-order valence-electron chi connectivity index (χ4n) is 1.81. The van der Waals surface area contributed by atoms with Crippen molar-refractivity contribution in [2.24, 2.45) is 10.2 Å². The van der Waals surface area contributed by atoms with Crippen molar-refractivity contribution < 1.29 is 5.11 Å². The number of aromatic nitrogens is 1. The second-order valence-electron chi connectivity index (χ2n) is 4.23. The molecule has 0 amide bonds. The Kier molecular flexibility index (Phi) is 3.35. The number of thiol groups is 1. The summed E-state index contributed by atoms with van der Waals surface area (Å²) in [7, 11) is 0. The highest BCUT2D eigenvalue weighted by Gasteiger charge is 2.01. The summed E-state index contributed by atoms with van der Waals surface area (Å²) >= 11 is 4.21. The highest BCUT2D eigenvalue weighted by molar-refractivity contribution is 7.80. The van der Waals surface area contributed by atoms with E-state index in [4.69, 9.17) is 0 Å². The second-order valence-corrected chi connectivity index (χ2v) is 4.75. The van der Waals surface area contributed by atoms with Crippen LogP contribution in [0.5, 0.6) is 5.75 Å². The Balaban J connectivity index is 1.94. The maximum absolute atomic E-state index is 9.77. The van der Waals surface area contributed by atoms with E-state index in [0.29, 0.717) is 11.3 Å². The van der Waals surface area contributed by atoms with E-state index < -0.39 is 0 Å². The highest BCUT2D eigenvalue weighted by Crippen LogP contribution is 2.25. The molecule has 3 aromatic rings. The summed E-state index contributed by atoms with van der Waals surface area (Å²) in [5.41, 5.74) is 1.25. The van der Waals surface area contributed by atoms with E-state index in [-0.39, 0.29) is 5.75 Å². The molecular weight excluding hydrogens is 270 g/mol. The van der Waals surface area contributed by atoms with Crippen LogP contribution in [-0.2, 0) is 0 Å². The van der Waals surface area contributed by atoms with Gasteiger partial charge in [-0.05, 0) is 42.5 Å². The molecule has 20 heavy (non-hydrogen) atoms. The number of phenolic OH excluding ortho intramolecular Hbond substituents is 1. The molecule has 98 valence electrons. The number of para-hydroxylation sites is 1. The maximum atomic E-state index is 9.77. The van der Waals surface area contributed by atoms with Crippen LogP contribution in [0.4, 0.5) is 11.5 Å². The first-order valence-electron chi connectivity index (χ1n) is 6.02. The molecule has 1 N–H and O–H groups in total. The van der Waals surface area contributed by atoms with Crippen molar-refractivity contribution in [2.45, 2.75) is 4.90 Å². The number of aromatic hydroxyl groups is 1. The van der Waals surface area contributed by atoms with Crippen LogP contribution in [0.15, 0.2) is 69.7 Å². The Hall–Kier alpha value is -2.40. The normalized spacial score (nSPS) is 11.2. The van der Waals surface area contributed by atoms with Gasteiger partial charge in [0.2, 0.25) is 0 Å². The van der Waals surface area contributed by atoms with Crippen molar-refractivity contribution in [3.8, 4) is 5.75 Å². The Bertz CT molecular complexity index is 785. The first-order chi connectivity index (χ1) is 9.72. The Labute approximate surface area is 121 Å². The maximum Gasteiger partial charge on any atom is 0.175 e. The van der Waals surface area contributed by atoms with Gasteiger partial charge in [0.15, 0.2) is 5.82 Å². The Morgan fingerprint density at radius 3 is 2.50 bits per heavy atom. The molecule has 0 aliphatic carbocycles. The smallest absolute Gasteiger partial charge is 0.175 e. The van der Waals surface area contributed by atoms with Gasteiger partial charge in [0.05, 0.1) is 5.69 Å². The lowest BCUT2D eigenvalue weighted by molar-refractivity contribution is 0.480. The topological polar surface area (TPSA) is 57.8 Å². The summed E-state index contributed by atoms with van der Waals surface area (Å²) in [6.45, 7) is 0. The molecule has 0 saturated carbocycles. The monoisotopic (exact) mass is 281 g/mol. The quantitative estimate of drug-likeness (QED) is 0.531. The molecule has 0 fully saturated rings. The number of rotatable bonds is 2. The number of nitrogens with zero attached hydrogens (tertiary/aromatic N) is 3. The molecule has 1 heterocycles. The first kappa shape index (κ1) is 12.6. The third kappa shape index (κ3) is 2.62. The molecule has 0 atom stereocenters. The van der Waals surface area contributed by atoms with Crippen LogP contribution in [0, 0.1) is 0 Å². The molecule has 0 aliphatic rings. The van der Waals surface area contributed by atoms with Gasteiger partial charge in [-0.2, -0.15) is 0 Å². The number of pyridine rings is 1.